The maximum Gasteiger partial charge on any atom is 0.223 e. The number of hydrogen-bond acceptors (Lipinski definition) is 4. The summed E-state index contributed by atoms with van der Waals surface area (Å²) < 4.78 is 0. The van der Waals surface area contributed by atoms with E-state index in [1.165, 1.54) is 12.8 Å². The van der Waals surface area contributed by atoms with E-state index in [9.17, 15) is 4.79 Å². The smallest absolute Gasteiger partial charge is 0.223 e. The minimum absolute atomic E-state index is 0.167. The van der Waals surface area contributed by atoms with Crippen molar-refractivity contribution < 1.29 is 4.79 Å². The summed E-state index contributed by atoms with van der Waals surface area (Å²) in [4.78, 5) is 23.0. The number of fused-ring (bicyclic) bond motifs is 1. The van der Waals surface area contributed by atoms with Gasteiger partial charge in [0, 0.05) is 24.7 Å². The van der Waals surface area contributed by atoms with Gasteiger partial charge in [0.15, 0.2) is 0 Å². The lowest BCUT2D eigenvalue weighted by Crippen LogP contribution is -2.39. The summed E-state index contributed by atoms with van der Waals surface area (Å²) >= 11 is 0. The Morgan fingerprint density at radius 3 is 2.90 bits per heavy atom. The van der Waals surface area contributed by atoms with Gasteiger partial charge < -0.3 is 10.2 Å². The molecule has 1 N–H and O–H groups in total. The minimum atomic E-state index is -0.308. The number of carbonyl (C=O) groups excluding carboxylic acids is 1. The van der Waals surface area contributed by atoms with Crippen LogP contribution in [0.1, 0.15) is 51.3 Å². The summed E-state index contributed by atoms with van der Waals surface area (Å²) in [5.41, 5.74) is 1.73. The normalized spacial score (nSPS) is 19.9. The fourth-order valence-corrected chi connectivity index (χ4v) is 2.78. The first-order valence-corrected chi connectivity index (χ1v) is 7.43. The van der Waals surface area contributed by atoms with Crippen LogP contribution in [0, 0.1) is 5.92 Å². The summed E-state index contributed by atoms with van der Waals surface area (Å²) in [7, 11) is 0. The number of amides is 1. The zero-order valence-corrected chi connectivity index (χ0v) is 12.4. The molecule has 1 aromatic heterocycles. The molecule has 0 spiro atoms. The van der Waals surface area contributed by atoms with Crippen LogP contribution >= 0.6 is 0 Å². The highest BCUT2D eigenvalue weighted by molar-refractivity contribution is 5.77. The van der Waals surface area contributed by atoms with Crippen molar-refractivity contribution >= 4 is 11.9 Å². The van der Waals surface area contributed by atoms with Gasteiger partial charge in [-0.2, -0.15) is 0 Å². The van der Waals surface area contributed by atoms with Gasteiger partial charge >= 0.3 is 0 Å². The number of hydrogen-bond donors (Lipinski definition) is 1. The van der Waals surface area contributed by atoms with E-state index < -0.39 is 0 Å². The van der Waals surface area contributed by atoms with Crippen LogP contribution in [0.3, 0.4) is 0 Å². The van der Waals surface area contributed by atoms with Gasteiger partial charge in [-0.3, -0.25) is 4.79 Å². The highest BCUT2D eigenvalue weighted by atomic mass is 16.2. The van der Waals surface area contributed by atoms with E-state index in [0.717, 1.165) is 23.7 Å². The van der Waals surface area contributed by atoms with Gasteiger partial charge in [0.05, 0.1) is 17.8 Å². The number of nitrogens with one attached hydrogen (secondary N) is 1. The summed E-state index contributed by atoms with van der Waals surface area (Å²) in [5.74, 6) is 1.65. The van der Waals surface area contributed by atoms with Crippen LogP contribution in [0.15, 0.2) is 6.20 Å². The van der Waals surface area contributed by atoms with Gasteiger partial charge in [0.1, 0.15) is 0 Å². The number of nitrogens with zero attached hydrogens (tertiary/aromatic N) is 3. The van der Waals surface area contributed by atoms with Crippen molar-refractivity contribution in [2.45, 2.75) is 52.1 Å². The van der Waals surface area contributed by atoms with E-state index >= 15 is 0 Å². The molecule has 3 rings (SSSR count). The summed E-state index contributed by atoms with van der Waals surface area (Å²) in [6, 6.07) is 0. The van der Waals surface area contributed by atoms with Gasteiger partial charge in [-0.1, -0.05) is 6.92 Å². The molecule has 0 unspecified atom stereocenters. The van der Waals surface area contributed by atoms with Gasteiger partial charge in [0.25, 0.3) is 0 Å². The predicted molar refractivity (Wildman–Crippen MR) is 77.1 cm³/mol. The Kier molecular flexibility index (Phi) is 3.15. The maximum atomic E-state index is 12.1. The molecule has 0 aromatic carbocycles. The molecule has 1 fully saturated rings. The Morgan fingerprint density at radius 1 is 1.50 bits per heavy atom. The molecule has 1 saturated carbocycles. The quantitative estimate of drug-likeness (QED) is 0.915. The van der Waals surface area contributed by atoms with E-state index in [4.69, 9.17) is 0 Å². The molecular formula is C15H22N4O. The maximum absolute atomic E-state index is 12.1. The Morgan fingerprint density at radius 2 is 2.25 bits per heavy atom. The van der Waals surface area contributed by atoms with Crippen molar-refractivity contribution in [3.63, 3.8) is 0 Å². The minimum Gasteiger partial charge on any atom is -0.354 e. The predicted octanol–water partition coefficient (Wildman–Crippen LogP) is 2.29. The Labute approximate surface area is 119 Å². The van der Waals surface area contributed by atoms with E-state index in [-0.39, 0.29) is 11.4 Å². The number of carbonyl (C=O) groups is 1. The van der Waals surface area contributed by atoms with Crippen molar-refractivity contribution in [2.24, 2.45) is 5.92 Å². The van der Waals surface area contributed by atoms with Crippen LogP contribution in [-0.2, 0) is 16.9 Å². The topological polar surface area (TPSA) is 58.1 Å². The molecule has 1 aliphatic heterocycles. The molecule has 1 aromatic rings. The highest BCUT2D eigenvalue weighted by Crippen LogP contribution is 2.38. The van der Waals surface area contributed by atoms with Crippen LogP contribution in [0.25, 0.3) is 0 Å². The molecule has 1 amide bonds. The average Bonchev–Trinajstić information content (AvgIpc) is 3.21. The fourth-order valence-electron chi connectivity index (χ4n) is 2.78. The first-order valence-electron chi connectivity index (χ1n) is 7.43. The van der Waals surface area contributed by atoms with Crippen LogP contribution in [0.5, 0.6) is 0 Å². The lowest BCUT2D eigenvalue weighted by Gasteiger charge is -2.31. The first-order chi connectivity index (χ1) is 9.52. The summed E-state index contributed by atoms with van der Waals surface area (Å²) in [6.45, 7) is 7.57. The third-order valence-electron chi connectivity index (χ3n) is 4.36. The molecule has 0 bridgehead atoms. The standard InChI is InChI=1S/C15H22N4O/c1-4-13(20)19-9-12-11(15(19,2)3)8-17-14(18-12)16-7-10-5-6-10/h8,10H,4-7,9H2,1-3H3,(H,16,17,18). The van der Waals surface area contributed by atoms with Gasteiger partial charge in [-0.25, -0.2) is 9.97 Å². The van der Waals surface area contributed by atoms with E-state index in [1.807, 2.05) is 18.0 Å². The van der Waals surface area contributed by atoms with Crippen molar-refractivity contribution in [1.29, 1.82) is 0 Å². The SMILES string of the molecule is CCC(=O)N1Cc2nc(NCC3CC3)ncc2C1(C)C. The number of aromatic nitrogens is 2. The van der Waals surface area contributed by atoms with Crippen molar-refractivity contribution in [3.05, 3.63) is 17.5 Å². The lowest BCUT2D eigenvalue weighted by molar-refractivity contribution is -0.136. The van der Waals surface area contributed by atoms with Crippen LogP contribution < -0.4 is 5.32 Å². The third kappa shape index (κ3) is 2.25. The molecule has 5 heteroatoms. The lowest BCUT2D eigenvalue weighted by atomic mass is 9.97. The Bertz CT molecular complexity index is 537. The zero-order chi connectivity index (χ0) is 14.3. The Balaban J connectivity index is 1.81. The van der Waals surface area contributed by atoms with Gasteiger partial charge in [-0.15, -0.1) is 0 Å². The molecule has 108 valence electrons. The average molecular weight is 274 g/mol. The summed E-state index contributed by atoms with van der Waals surface area (Å²) in [5, 5.41) is 3.30. The molecule has 0 saturated heterocycles. The van der Waals surface area contributed by atoms with Crippen LogP contribution in [-0.4, -0.2) is 27.3 Å². The molecule has 1 aliphatic carbocycles. The molecule has 0 radical (unpaired) electrons. The number of rotatable bonds is 4. The molecule has 20 heavy (non-hydrogen) atoms. The molecule has 0 atom stereocenters. The van der Waals surface area contributed by atoms with Crippen molar-refractivity contribution in [2.75, 3.05) is 11.9 Å². The molecule has 5 nitrogen and oxygen atoms in total. The monoisotopic (exact) mass is 274 g/mol. The zero-order valence-electron chi connectivity index (χ0n) is 12.4. The van der Waals surface area contributed by atoms with E-state index in [1.54, 1.807) is 0 Å². The Hall–Kier alpha value is -1.65. The van der Waals surface area contributed by atoms with Crippen LogP contribution in [0.4, 0.5) is 5.95 Å². The third-order valence-corrected chi connectivity index (χ3v) is 4.36. The van der Waals surface area contributed by atoms with Gasteiger partial charge in [0.2, 0.25) is 11.9 Å². The number of anilines is 1. The second-order valence-corrected chi connectivity index (χ2v) is 6.27. The molecular weight excluding hydrogens is 252 g/mol. The van der Waals surface area contributed by atoms with Gasteiger partial charge in [-0.05, 0) is 32.6 Å². The largest absolute Gasteiger partial charge is 0.354 e. The van der Waals surface area contributed by atoms with E-state index in [0.29, 0.717) is 18.9 Å². The van der Waals surface area contributed by atoms with E-state index in [2.05, 4.69) is 29.1 Å². The molecule has 2 heterocycles. The summed E-state index contributed by atoms with van der Waals surface area (Å²) in [6.07, 6.45) is 5.02. The second-order valence-electron chi connectivity index (χ2n) is 6.27. The van der Waals surface area contributed by atoms with Crippen molar-refractivity contribution in [1.82, 2.24) is 14.9 Å². The fraction of sp³-hybridized carbons (Fsp3) is 0.667. The van der Waals surface area contributed by atoms with Crippen LogP contribution in [0.2, 0.25) is 0 Å². The first kappa shape index (κ1) is 13.3. The molecule has 2 aliphatic rings. The highest BCUT2D eigenvalue weighted by Gasteiger charge is 2.41. The van der Waals surface area contributed by atoms with Crippen molar-refractivity contribution in [3.8, 4) is 0 Å². The second kappa shape index (κ2) is 4.72.